The molecule has 1 unspecified atom stereocenters. The van der Waals surface area contributed by atoms with Crippen molar-refractivity contribution in [3.8, 4) is 5.88 Å². The van der Waals surface area contributed by atoms with Crippen molar-refractivity contribution in [1.82, 2.24) is 21.1 Å². The number of amides is 3. The maximum atomic E-state index is 12.5. The zero-order chi connectivity index (χ0) is 26.8. The van der Waals surface area contributed by atoms with Crippen LogP contribution in [0.3, 0.4) is 0 Å². The summed E-state index contributed by atoms with van der Waals surface area (Å²) in [4.78, 5) is 47.9. The number of carboxylic acid groups (broad SMARTS) is 1. The van der Waals surface area contributed by atoms with Crippen molar-refractivity contribution in [3.05, 3.63) is 47.7 Å². The number of hydrogen-bond acceptors (Lipinski definition) is 9. The number of carboxylic acids is 1. The molecular formula is C23H30N4O9. The highest BCUT2D eigenvalue weighted by Crippen LogP contribution is 2.13. The molecule has 0 saturated carbocycles. The second-order valence-corrected chi connectivity index (χ2v) is 8.73. The topological polar surface area (TPSA) is 178 Å². The van der Waals surface area contributed by atoms with E-state index >= 15 is 0 Å². The first kappa shape index (κ1) is 28.0. The smallest absolute Gasteiger partial charge is 0.409 e. The Morgan fingerprint density at radius 2 is 1.72 bits per heavy atom. The number of aliphatic carboxylic acids is 1. The van der Waals surface area contributed by atoms with Gasteiger partial charge in [0.15, 0.2) is 0 Å². The SMILES string of the molecule is CC(C)(C)OC(=O)NCCCOc1cc(C(=O)NC(C)(NC(=O)OCc2ccccc2)C(=O)O)on1. The van der Waals surface area contributed by atoms with E-state index in [1.807, 2.05) is 0 Å². The first-order valence-electron chi connectivity index (χ1n) is 11.0. The number of carbonyl (C=O) groups excluding carboxylic acids is 3. The Morgan fingerprint density at radius 1 is 1.03 bits per heavy atom. The van der Waals surface area contributed by atoms with E-state index in [1.54, 1.807) is 51.1 Å². The molecule has 0 aliphatic heterocycles. The van der Waals surface area contributed by atoms with Gasteiger partial charge in [0.2, 0.25) is 11.4 Å². The van der Waals surface area contributed by atoms with Crippen LogP contribution in [0.15, 0.2) is 40.9 Å². The minimum atomic E-state index is -2.20. The lowest BCUT2D eigenvalue weighted by Gasteiger charge is -2.26. The number of aromatic nitrogens is 1. The third kappa shape index (κ3) is 9.52. The van der Waals surface area contributed by atoms with Gasteiger partial charge in [0.1, 0.15) is 12.2 Å². The van der Waals surface area contributed by atoms with Gasteiger partial charge in [-0.05, 0) is 44.8 Å². The Morgan fingerprint density at radius 3 is 2.36 bits per heavy atom. The van der Waals surface area contributed by atoms with Crippen LogP contribution >= 0.6 is 0 Å². The molecule has 36 heavy (non-hydrogen) atoms. The Hall–Kier alpha value is -4.29. The van der Waals surface area contributed by atoms with E-state index < -0.39 is 35.3 Å². The summed E-state index contributed by atoms with van der Waals surface area (Å²) >= 11 is 0. The van der Waals surface area contributed by atoms with Crippen molar-refractivity contribution >= 4 is 24.1 Å². The van der Waals surface area contributed by atoms with Crippen LogP contribution in [-0.4, -0.2) is 58.7 Å². The molecule has 0 aliphatic carbocycles. The largest absolute Gasteiger partial charge is 0.478 e. The first-order valence-corrected chi connectivity index (χ1v) is 11.0. The van der Waals surface area contributed by atoms with Crippen LogP contribution < -0.4 is 20.7 Å². The van der Waals surface area contributed by atoms with Crippen LogP contribution in [0.4, 0.5) is 9.59 Å². The summed E-state index contributed by atoms with van der Waals surface area (Å²) in [6.07, 6.45) is -1.19. The van der Waals surface area contributed by atoms with Crippen LogP contribution in [0.1, 0.15) is 50.2 Å². The third-order valence-electron chi connectivity index (χ3n) is 4.31. The maximum Gasteiger partial charge on any atom is 0.409 e. The Labute approximate surface area is 207 Å². The number of hydrogen-bond donors (Lipinski definition) is 4. The van der Waals surface area contributed by atoms with Gasteiger partial charge in [0.05, 0.1) is 12.7 Å². The minimum Gasteiger partial charge on any atom is -0.478 e. The van der Waals surface area contributed by atoms with Gasteiger partial charge < -0.3 is 34.5 Å². The fourth-order valence-electron chi connectivity index (χ4n) is 2.58. The normalized spacial score (nSPS) is 12.6. The molecule has 0 radical (unpaired) electrons. The van der Waals surface area contributed by atoms with E-state index in [1.165, 1.54) is 0 Å². The van der Waals surface area contributed by atoms with E-state index in [2.05, 4.69) is 21.1 Å². The summed E-state index contributed by atoms with van der Waals surface area (Å²) in [5.74, 6) is -2.87. The Bertz CT molecular complexity index is 1050. The number of alkyl carbamates (subject to hydrolysis) is 2. The van der Waals surface area contributed by atoms with Crippen molar-refractivity contribution in [2.45, 2.75) is 52.0 Å². The molecule has 0 saturated heterocycles. The summed E-state index contributed by atoms with van der Waals surface area (Å²) in [5.41, 5.74) is -2.11. The molecule has 1 atom stereocenters. The van der Waals surface area contributed by atoms with Crippen molar-refractivity contribution in [2.75, 3.05) is 13.2 Å². The monoisotopic (exact) mass is 506 g/mol. The molecular weight excluding hydrogens is 476 g/mol. The van der Waals surface area contributed by atoms with Crippen LogP contribution in [-0.2, 0) is 20.9 Å². The average molecular weight is 507 g/mol. The van der Waals surface area contributed by atoms with Crippen molar-refractivity contribution in [3.63, 3.8) is 0 Å². The predicted molar refractivity (Wildman–Crippen MR) is 124 cm³/mol. The Kier molecular flexibility index (Phi) is 9.65. The summed E-state index contributed by atoms with van der Waals surface area (Å²) < 4.78 is 20.4. The molecule has 196 valence electrons. The fourth-order valence-corrected chi connectivity index (χ4v) is 2.58. The first-order chi connectivity index (χ1) is 16.9. The summed E-state index contributed by atoms with van der Waals surface area (Å²) in [6.45, 7) is 6.66. The highest BCUT2D eigenvalue weighted by atomic mass is 16.6. The zero-order valence-electron chi connectivity index (χ0n) is 20.5. The van der Waals surface area contributed by atoms with Gasteiger partial charge in [0, 0.05) is 6.54 Å². The molecule has 0 aliphatic rings. The van der Waals surface area contributed by atoms with Crippen molar-refractivity contribution in [2.24, 2.45) is 0 Å². The molecule has 3 amide bonds. The summed E-state index contributed by atoms with van der Waals surface area (Å²) in [6, 6.07) is 9.93. The van der Waals surface area contributed by atoms with Gasteiger partial charge in [-0.1, -0.05) is 30.3 Å². The average Bonchev–Trinajstić information content (AvgIpc) is 3.26. The van der Waals surface area contributed by atoms with Gasteiger partial charge in [-0.3, -0.25) is 10.1 Å². The maximum absolute atomic E-state index is 12.5. The number of carbonyl (C=O) groups is 4. The fraction of sp³-hybridized carbons (Fsp3) is 0.435. The standard InChI is InChI=1S/C23H30N4O9/c1-22(2,3)35-20(31)24-11-8-12-33-17-13-16(36-27-17)18(28)25-23(4,19(29)30)26-21(32)34-14-15-9-6-5-7-10-15/h5-7,9-10,13H,8,11-12,14H2,1-4H3,(H,24,31)(H,25,28)(H,26,32)(H,29,30). The Balaban J connectivity index is 1.81. The quantitative estimate of drug-likeness (QED) is 0.261. The van der Waals surface area contributed by atoms with Gasteiger partial charge >= 0.3 is 18.2 Å². The molecule has 1 aromatic heterocycles. The molecule has 4 N–H and O–H groups in total. The van der Waals surface area contributed by atoms with Gasteiger partial charge in [0.25, 0.3) is 11.8 Å². The van der Waals surface area contributed by atoms with Crippen molar-refractivity contribution in [1.29, 1.82) is 0 Å². The van der Waals surface area contributed by atoms with E-state index in [0.717, 1.165) is 13.0 Å². The molecule has 0 bridgehead atoms. The third-order valence-corrected chi connectivity index (χ3v) is 4.31. The van der Waals surface area contributed by atoms with Gasteiger partial charge in [-0.2, -0.15) is 0 Å². The van der Waals surface area contributed by atoms with E-state index in [9.17, 15) is 24.3 Å². The molecule has 0 fully saturated rings. The lowest BCUT2D eigenvalue weighted by atomic mass is 10.2. The van der Waals surface area contributed by atoms with E-state index in [0.29, 0.717) is 12.0 Å². The zero-order valence-corrected chi connectivity index (χ0v) is 20.5. The van der Waals surface area contributed by atoms with Crippen LogP contribution in [0.25, 0.3) is 0 Å². The lowest BCUT2D eigenvalue weighted by molar-refractivity contribution is -0.145. The van der Waals surface area contributed by atoms with Crippen LogP contribution in [0.2, 0.25) is 0 Å². The molecule has 0 spiro atoms. The van der Waals surface area contributed by atoms with Gasteiger partial charge in [-0.25, -0.2) is 14.4 Å². The number of nitrogens with one attached hydrogen (secondary N) is 3. The number of benzene rings is 1. The van der Waals surface area contributed by atoms with Crippen molar-refractivity contribution < 1.29 is 43.0 Å². The molecule has 1 heterocycles. The molecule has 2 rings (SSSR count). The highest BCUT2D eigenvalue weighted by Gasteiger charge is 2.38. The lowest BCUT2D eigenvalue weighted by Crippen LogP contribution is -2.63. The highest BCUT2D eigenvalue weighted by molar-refractivity contribution is 5.96. The van der Waals surface area contributed by atoms with Gasteiger partial charge in [-0.15, -0.1) is 0 Å². The number of ether oxygens (including phenoxy) is 3. The number of nitrogens with zero attached hydrogens (tertiary/aromatic N) is 1. The summed E-state index contributed by atoms with van der Waals surface area (Å²) in [5, 5.41) is 20.0. The van der Waals surface area contributed by atoms with E-state index in [4.69, 9.17) is 18.7 Å². The minimum absolute atomic E-state index is 0.0234. The molecule has 2 aromatic rings. The van der Waals surface area contributed by atoms with E-state index in [-0.39, 0.29) is 31.4 Å². The molecule has 13 nitrogen and oxygen atoms in total. The second kappa shape index (κ2) is 12.4. The molecule has 13 heteroatoms. The number of rotatable bonds is 11. The molecule has 1 aromatic carbocycles. The van der Waals surface area contributed by atoms with Crippen LogP contribution in [0, 0.1) is 0 Å². The summed E-state index contributed by atoms with van der Waals surface area (Å²) in [7, 11) is 0. The van der Waals surface area contributed by atoms with Crippen LogP contribution in [0.5, 0.6) is 5.88 Å². The predicted octanol–water partition coefficient (Wildman–Crippen LogP) is 2.43. The second-order valence-electron chi connectivity index (χ2n) is 8.73.